The zero-order valence-corrected chi connectivity index (χ0v) is 10.4. The van der Waals surface area contributed by atoms with Crippen LogP contribution in [0.25, 0.3) is 0 Å². The van der Waals surface area contributed by atoms with Crippen molar-refractivity contribution >= 4 is 0 Å². The van der Waals surface area contributed by atoms with Gasteiger partial charge in [0.25, 0.3) is 0 Å². The first-order valence-corrected chi connectivity index (χ1v) is 6.95. The van der Waals surface area contributed by atoms with E-state index in [1.54, 1.807) is 0 Å². The Bertz CT molecular complexity index is 428. The van der Waals surface area contributed by atoms with Crippen molar-refractivity contribution in [2.45, 2.75) is 37.2 Å². The lowest BCUT2D eigenvalue weighted by atomic mass is 9.76. The summed E-state index contributed by atoms with van der Waals surface area (Å²) in [7, 11) is 0. The van der Waals surface area contributed by atoms with E-state index in [1.807, 2.05) is 0 Å². The molecule has 3 nitrogen and oxygen atoms in total. The molecule has 18 heavy (non-hydrogen) atoms. The van der Waals surface area contributed by atoms with Crippen molar-refractivity contribution in [3.05, 3.63) is 36.6 Å². The van der Waals surface area contributed by atoms with Gasteiger partial charge in [0, 0.05) is 12.5 Å². The van der Waals surface area contributed by atoms with Gasteiger partial charge in [0.1, 0.15) is 0 Å². The highest BCUT2D eigenvalue weighted by Crippen LogP contribution is 2.44. The van der Waals surface area contributed by atoms with Crippen LogP contribution in [-0.2, 0) is 4.74 Å². The molecule has 0 aromatic heterocycles. The second-order valence-electron chi connectivity index (χ2n) is 5.78. The van der Waals surface area contributed by atoms with Crippen LogP contribution in [0.2, 0.25) is 0 Å². The highest BCUT2D eigenvalue weighted by atomic mass is 16.5. The molecule has 0 aromatic carbocycles. The molecule has 1 aliphatic carbocycles. The molecule has 3 aliphatic heterocycles. The molecule has 3 heteroatoms. The van der Waals surface area contributed by atoms with Crippen LogP contribution < -0.4 is 0 Å². The van der Waals surface area contributed by atoms with E-state index >= 15 is 0 Å². The minimum atomic E-state index is -0.282. The number of aliphatic hydroxyl groups excluding tert-OH is 1. The zero-order valence-electron chi connectivity index (χ0n) is 10.4. The van der Waals surface area contributed by atoms with Gasteiger partial charge in [-0.15, -0.1) is 0 Å². The van der Waals surface area contributed by atoms with Gasteiger partial charge < -0.3 is 14.7 Å². The molecule has 0 amide bonds. The van der Waals surface area contributed by atoms with E-state index in [0.29, 0.717) is 11.8 Å². The van der Waals surface area contributed by atoms with Crippen LogP contribution in [0.1, 0.15) is 12.8 Å². The van der Waals surface area contributed by atoms with E-state index in [4.69, 9.17) is 4.74 Å². The van der Waals surface area contributed by atoms with Crippen molar-refractivity contribution in [1.82, 2.24) is 4.90 Å². The van der Waals surface area contributed by atoms with E-state index in [1.165, 1.54) is 0 Å². The number of piperidine rings is 1. The Hall–Kier alpha value is -1.06. The largest absolute Gasteiger partial charge is 0.391 e. The minimum Gasteiger partial charge on any atom is -0.391 e. The molecular formula is C15H19NO2. The molecule has 0 aromatic rings. The van der Waals surface area contributed by atoms with Crippen molar-refractivity contribution in [1.29, 1.82) is 0 Å². The zero-order chi connectivity index (χ0) is 12.1. The maximum absolute atomic E-state index is 10.3. The van der Waals surface area contributed by atoms with Crippen LogP contribution in [0, 0.1) is 11.8 Å². The molecular weight excluding hydrogens is 226 g/mol. The normalized spacial score (nSPS) is 48.8. The summed E-state index contributed by atoms with van der Waals surface area (Å²) in [4.78, 5) is 2.28. The number of hydrogen-bond acceptors (Lipinski definition) is 3. The average molecular weight is 245 g/mol. The predicted molar refractivity (Wildman–Crippen MR) is 68.8 cm³/mol. The van der Waals surface area contributed by atoms with Gasteiger partial charge in [0.15, 0.2) is 0 Å². The Balaban J connectivity index is 1.66. The lowest BCUT2D eigenvalue weighted by Gasteiger charge is -2.46. The summed E-state index contributed by atoms with van der Waals surface area (Å²) in [6.45, 7) is 1.05. The molecule has 0 spiro atoms. The van der Waals surface area contributed by atoms with Crippen LogP contribution in [0.3, 0.4) is 0 Å². The first-order valence-electron chi connectivity index (χ1n) is 6.95. The quantitative estimate of drug-likeness (QED) is 0.701. The van der Waals surface area contributed by atoms with Crippen molar-refractivity contribution in [2.24, 2.45) is 11.8 Å². The molecule has 0 saturated carbocycles. The van der Waals surface area contributed by atoms with Gasteiger partial charge in [0.05, 0.1) is 24.4 Å². The van der Waals surface area contributed by atoms with E-state index in [-0.39, 0.29) is 24.4 Å². The van der Waals surface area contributed by atoms with Gasteiger partial charge >= 0.3 is 0 Å². The van der Waals surface area contributed by atoms with Crippen LogP contribution in [0.4, 0.5) is 0 Å². The summed E-state index contributed by atoms with van der Waals surface area (Å²) in [5.74, 6) is 1.08. The van der Waals surface area contributed by atoms with Gasteiger partial charge in [-0.05, 0) is 25.0 Å². The van der Waals surface area contributed by atoms with Crippen LogP contribution in [-0.4, -0.2) is 40.9 Å². The lowest BCUT2D eigenvalue weighted by molar-refractivity contribution is -0.0723. The van der Waals surface area contributed by atoms with Gasteiger partial charge in [-0.2, -0.15) is 0 Å². The molecule has 4 aliphatic rings. The summed E-state index contributed by atoms with van der Waals surface area (Å²) in [5.41, 5.74) is 0. The van der Waals surface area contributed by atoms with Gasteiger partial charge in [-0.3, -0.25) is 0 Å². The average Bonchev–Trinajstić information content (AvgIpc) is 2.77. The number of nitrogens with zero attached hydrogens (tertiary/aromatic N) is 1. The second kappa shape index (κ2) is 3.97. The van der Waals surface area contributed by atoms with Crippen molar-refractivity contribution < 1.29 is 9.84 Å². The summed E-state index contributed by atoms with van der Waals surface area (Å²) in [5, 5.41) is 10.3. The number of fused-ring (bicyclic) bond motifs is 5. The third-order valence-corrected chi connectivity index (χ3v) is 4.86. The van der Waals surface area contributed by atoms with Crippen LogP contribution in [0.15, 0.2) is 36.6 Å². The molecule has 2 fully saturated rings. The predicted octanol–water partition coefficient (Wildman–Crippen LogP) is 1.46. The number of aliphatic hydroxyl groups is 1. The molecule has 4 rings (SSSR count). The molecule has 3 heterocycles. The summed E-state index contributed by atoms with van der Waals surface area (Å²) in [6, 6.07) is 0.154. The van der Waals surface area contributed by atoms with Crippen LogP contribution in [0.5, 0.6) is 0 Å². The Morgan fingerprint density at radius 2 is 2.11 bits per heavy atom. The third kappa shape index (κ3) is 1.44. The van der Waals surface area contributed by atoms with Crippen molar-refractivity contribution in [3.63, 3.8) is 0 Å². The van der Waals surface area contributed by atoms with Gasteiger partial charge in [0.2, 0.25) is 0 Å². The monoisotopic (exact) mass is 245 g/mol. The molecule has 0 radical (unpaired) electrons. The smallest absolute Gasteiger partial charge is 0.0847 e. The molecule has 1 N–H and O–H groups in total. The van der Waals surface area contributed by atoms with E-state index < -0.39 is 0 Å². The molecule has 2 saturated heterocycles. The topological polar surface area (TPSA) is 32.7 Å². The van der Waals surface area contributed by atoms with Crippen molar-refractivity contribution in [3.8, 4) is 0 Å². The highest BCUT2D eigenvalue weighted by molar-refractivity contribution is 5.21. The number of allylic oxidation sites excluding steroid dienone is 2. The SMILES string of the molecule is OC1CC=CN2CCC3C4C=CC=CC4OC3C12. The first-order chi connectivity index (χ1) is 8.84. The Morgan fingerprint density at radius 3 is 3.06 bits per heavy atom. The fourth-order valence-corrected chi connectivity index (χ4v) is 4.04. The maximum Gasteiger partial charge on any atom is 0.0847 e. The Labute approximate surface area is 107 Å². The van der Waals surface area contributed by atoms with Gasteiger partial charge in [-0.1, -0.05) is 30.4 Å². The maximum atomic E-state index is 10.3. The lowest BCUT2D eigenvalue weighted by Crippen LogP contribution is -2.56. The number of rotatable bonds is 0. The van der Waals surface area contributed by atoms with Crippen LogP contribution >= 0.6 is 0 Å². The molecule has 96 valence electrons. The standard InChI is InChI=1S/C15H19NO2/c17-12-5-3-8-16-9-7-11-10-4-1-2-6-13(10)18-15(11)14(12)16/h1-4,6,8,10-15,17H,5,7,9H2. The van der Waals surface area contributed by atoms with Crippen molar-refractivity contribution in [2.75, 3.05) is 6.54 Å². The summed E-state index contributed by atoms with van der Waals surface area (Å²) in [6.07, 6.45) is 14.9. The van der Waals surface area contributed by atoms with Gasteiger partial charge in [-0.25, -0.2) is 0 Å². The number of hydrogen-bond donors (Lipinski definition) is 1. The Kier molecular flexibility index (Phi) is 2.39. The summed E-state index contributed by atoms with van der Waals surface area (Å²) < 4.78 is 6.24. The van der Waals surface area contributed by atoms with E-state index in [9.17, 15) is 5.11 Å². The molecule has 6 atom stereocenters. The highest BCUT2D eigenvalue weighted by Gasteiger charge is 2.51. The molecule has 0 bridgehead atoms. The second-order valence-corrected chi connectivity index (χ2v) is 5.78. The Morgan fingerprint density at radius 1 is 1.22 bits per heavy atom. The third-order valence-electron chi connectivity index (χ3n) is 4.86. The fraction of sp³-hybridized carbons (Fsp3) is 0.600. The van der Waals surface area contributed by atoms with E-state index in [2.05, 4.69) is 41.5 Å². The number of ether oxygens (including phenoxy) is 1. The molecule has 6 unspecified atom stereocenters. The fourth-order valence-electron chi connectivity index (χ4n) is 4.04. The first kappa shape index (κ1) is 10.8. The summed E-state index contributed by atoms with van der Waals surface area (Å²) >= 11 is 0. The van der Waals surface area contributed by atoms with E-state index in [0.717, 1.165) is 19.4 Å². The minimum absolute atomic E-state index is 0.154.